The molecule has 0 heterocycles. The number of esters is 1. The molecule has 0 N–H and O–H groups in total. The van der Waals surface area contributed by atoms with Crippen molar-refractivity contribution in [2.24, 2.45) is 46.3 Å². The molecular formula is C40H54O2Se. The molecule has 0 radical (unpaired) electrons. The quantitative estimate of drug-likeness (QED) is 0.154. The van der Waals surface area contributed by atoms with E-state index in [-0.39, 0.29) is 17.5 Å². The molecule has 6 rings (SSSR count). The van der Waals surface area contributed by atoms with Crippen molar-refractivity contribution in [1.82, 2.24) is 0 Å². The van der Waals surface area contributed by atoms with Gasteiger partial charge in [-0.15, -0.1) is 0 Å². The van der Waals surface area contributed by atoms with E-state index in [9.17, 15) is 4.79 Å². The van der Waals surface area contributed by atoms with Crippen LogP contribution in [0.25, 0.3) is 0 Å². The molecule has 43 heavy (non-hydrogen) atoms. The van der Waals surface area contributed by atoms with Gasteiger partial charge in [0.05, 0.1) is 0 Å². The number of fused-ring (bicyclic) bond motifs is 5. The summed E-state index contributed by atoms with van der Waals surface area (Å²) < 4.78 is 7.69. The predicted octanol–water partition coefficient (Wildman–Crippen LogP) is 9.68. The first-order valence-corrected chi connectivity index (χ1v) is 19.2. The van der Waals surface area contributed by atoms with E-state index in [4.69, 9.17) is 4.74 Å². The minimum absolute atomic E-state index is 0.00939. The van der Waals surface area contributed by atoms with Crippen LogP contribution in [0.3, 0.4) is 0 Å². The first-order valence-electron chi connectivity index (χ1n) is 17.4. The summed E-state index contributed by atoms with van der Waals surface area (Å²) in [5.74, 6) is 4.73. The molecule has 0 spiro atoms. The number of hydrogen-bond donors (Lipinski definition) is 0. The van der Waals surface area contributed by atoms with Gasteiger partial charge in [-0.3, -0.25) is 0 Å². The van der Waals surface area contributed by atoms with Gasteiger partial charge in [0.2, 0.25) is 0 Å². The zero-order valence-electron chi connectivity index (χ0n) is 27.3. The zero-order chi connectivity index (χ0) is 30.2. The first-order chi connectivity index (χ1) is 20.7. The van der Waals surface area contributed by atoms with Crippen LogP contribution in [0.1, 0.15) is 109 Å². The number of allylic oxidation sites excluding steroid dienone is 1. The van der Waals surface area contributed by atoms with Gasteiger partial charge in [0.15, 0.2) is 0 Å². The SMILES string of the molecule is CC(C)CCC[C@@H](C)[C@H]1CCC2C3C(CC[C@@]21C)[C@@]1(C)CCC(OC(=O)c2ccccc2)CC1=C[C@@H]3[Se]c1ccccc1. The van der Waals surface area contributed by atoms with Crippen molar-refractivity contribution in [3.05, 3.63) is 77.9 Å². The topological polar surface area (TPSA) is 26.3 Å². The van der Waals surface area contributed by atoms with Crippen molar-refractivity contribution < 1.29 is 9.53 Å². The third-order valence-corrected chi connectivity index (χ3v) is 15.2. The monoisotopic (exact) mass is 646 g/mol. The maximum absolute atomic E-state index is 13.0. The molecule has 2 aromatic rings. The van der Waals surface area contributed by atoms with Crippen LogP contribution >= 0.6 is 0 Å². The average Bonchev–Trinajstić information content (AvgIpc) is 3.36. The van der Waals surface area contributed by atoms with E-state index in [0.717, 1.165) is 54.8 Å². The van der Waals surface area contributed by atoms with Gasteiger partial charge in [-0.05, 0) is 0 Å². The molecule has 2 aromatic carbocycles. The fraction of sp³-hybridized carbons (Fsp3) is 0.625. The number of carbonyl (C=O) groups is 1. The standard InChI is InChI=1S/C40H54O2Se/c1-27(2)13-12-14-28(3)33-19-20-34-37-35(22-24-40(33,34)5)39(4)23-21-31(42-38(41)29-15-8-6-9-16-29)25-30(39)26-36(37)43-32-17-10-7-11-18-32/h6-11,15-18,26-28,31,33-37H,12-14,19-25H2,1-5H3/t28-,31?,33-,34?,35?,36+,37?,39+,40-/m1/s1. The van der Waals surface area contributed by atoms with Gasteiger partial charge >= 0.3 is 269 Å². The molecule has 4 unspecified atom stereocenters. The van der Waals surface area contributed by atoms with E-state index in [0.29, 0.717) is 30.8 Å². The van der Waals surface area contributed by atoms with Crippen LogP contribution in [0, 0.1) is 46.3 Å². The summed E-state index contributed by atoms with van der Waals surface area (Å²) in [4.78, 5) is 13.6. The summed E-state index contributed by atoms with van der Waals surface area (Å²) in [6.45, 7) is 12.7. The second-order valence-corrected chi connectivity index (χ2v) is 18.1. The molecule has 0 aromatic heterocycles. The summed E-state index contributed by atoms with van der Waals surface area (Å²) >= 11 is 0.408. The Balaban J connectivity index is 1.27. The summed E-state index contributed by atoms with van der Waals surface area (Å²) in [6, 6.07) is 20.9. The first kappa shape index (κ1) is 31.2. The molecule has 2 nitrogen and oxygen atoms in total. The van der Waals surface area contributed by atoms with E-state index in [1.165, 1.54) is 49.4 Å². The molecular weight excluding hydrogens is 591 g/mol. The number of hydrogen-bond acceptors (Lipinski definition) is 2. The molecule has 3 heteroatoms. The fourth-order valence-electron chi connectivity index (χ4n) is 10.3. The molecule has 4 aliphatic rings. The van der Waals surface area contributed by atoms with Gasteiger partial charge < -0.3 is 0 Å². The molecule has 9 atom stereocenters. The minimum atomic E-state index is -0.165. The molecule has 0 amide bonds. The molecule has 3 fully saturated rings. The van der Waals surface area contributed by atoms with Crippen molar-refractivity contribution in [2.45, 2.75) is 110 Å². The number of benzene rings is 2. The molecule has 0 aliphatic heterocycles. The van der Waals surface area contributed by atoms with Crippen LogP contribution in [-0.4, -0.2) is 27.0 Å². The van der Waals surface area contributed by atoms with E-state index in [1.54, 1.807) is 5.57 Å². The molecule has 3 saturated carbocycles. The normalized spacial score (nSPS) is 35.8. The van der Waals surface area contributed by atoms with E-state index >= 15 is 0 Å². The zero-order valence-corrected chi connectivity index (χ0v) is 29.0. The molecule has 0 saturated heterocycles. The Labute approximate surface area is 268 Å². The molecule has 232 valence electrons. The van der Waals surface area contributed by atoms with Crippen molar-refractivity contribution in [3.8, 4) is 0 Å². The van der Waals surface area contributed by atoms with Gasteiger partial charge in [-0.2, -0.15) is 0 Å². The number of carbonyl (C=O) groups excluding carboxylic acids is 1. The van der Waals surface area contributed by atoms with Crippen LogP contribution in [0.2, 0.25) is 4.82 Å². The van der Waals surface area contributed by atoms with Crippen molar-refractivity contribution >= 4 is 25.4 Å². The second-order valence-electron chi connectivity index (χ2n) is 15.5. The summed E-state index contributed by atoms with van der Waals surface area (Å²) in [5.41, 5.74) is 2.99. The summed E-state index contributed by atoms with van der Waals surface area (Å²) in [6.07, 6.45) is 15.6. The predicted molar refractivity (Wildman–Crippen MR) is 180 cm³/mol. The van der Waals surface area contributed by atoms with E-state index in [1.807, 2.05) is 30.3 Å². The van der Waals surface area contributed by atoms with Crippen molar-refractivity contribution in [1.29, 1.82) is 0 Å². The van der Waals surface area contributed by atoms with Gasteiger partial charge in [-0.25, -0.2) is 0 Å². The second kappa shape index (κ2) is 12.9. The van der Waals surface area contributed by atoms with Crippen LogP contribution in [-0.2, 0) is 4.74 Å². The van der Waals surface area contributed by atoms with Crippen LogP contribution in [0.15, 0.2) is 72.3 Å². The Kier molecular flexibility index (Phi) is 9.34. The average molecular weight is 646 g/mol. The van der Waals surface area contributed by atoms with Gasteiger partial charge in [0.1, 0.15) is 0 Å². The van der Waals surface area contributed by atoms with E-state index < -0.39 is 0 Å². The maximum atomic E-state index is 13.0. The van der Waals surface area contributed by atoms with Gasteiger partial charge in [0.25, 0.3) is 0 Å². The Morgan fingerprint density at radius 3 is 2.33 bits per heavy atom. The Hall–Kier alpha value is -1.83. The Morgan fingerprint density at radius 2 is 1.60 bits per heavy atom. The fourth-order valence-corrected chi connectivity index (χ4v) is 13.2. The van der Waals surface area contributed by atoms with Crippen LogP contribution in [0.5, 0.6) is 0 Å². The summed E-state index contributed by atoms with van der Waals surface area (Å²) in [7, 11) is 0. The molecule has 4 aliphatic carbocycles. The number of rotatable bonds is 9. The number of ether oxygens (including phenoxy) is 1. The van der Waals surface area contributed by atoms with E-state index in [2.05, 4.69) is 71.0 Å². The van der Waals surface area contributed by atoms with Crippen LogP contribution in [0.4, 0.5) is 0 Å². The Morgan fingerprint density at radius 1 is 0.884 bits per heavy atom. The van der Waals surface area contributed by atoms with Crippen LogP contribution < -0.4 is 4.46 Å². The third-order valence-electron chi connectivity index (χ3n) is 12.6. The Bertz CT molecular complexity index is 1270. The van der Waals surface area contributed by atoms with Gasteiger partial charge in [-0.1, -0.05) is 0 Å². The van der Waals surface area contributed by atoms with Crippen molar-refractivity contribution in [2.75, 3.05) is 0 Å². The summed E-state index contributed by atoms with van der Waals surface area (Å²) in [5, 5.41) is 0. The van der Waals surface area contributed by atoms with Crippen molar-refractivity contribution in [3.63, 3.8) is 0 Å². The molecule has 0 bridgehead atoms. The third kappa shape index (κ3) is 6.20. The van der Waals surface area contributed by atoms with Gasteiger partial charge in [0, 0.05) is 0 Å².